The Labute approximate surface area is 102 Å². The van der Waals surface area contributed by atoms with Crippen LogP contribution in [0, 0.1) is 0 Å². The van der Waals surface area contributed by atoms with Gasteiger partial charge in [-0.05, 0) is 25.0 Å². The largest absolute Gasteiger partial charge is 0.294 e. The second-order valence-electron chi connectivity index (χ2n) is 3.90. The van der Waals surface area contributed by atoms with Crippen LogP contribution < -0.4 is 0 Å². The van der Waals surface area contributed by atoms with Gasteiger partial charge in [0.05, 0.1) is 4.90 Å². The number of Topliss-reactive ketones (excluding diaryl/α,β-unsaturated/α-hetero) is 1. The lowest BCUT2D eigenvalue weighted by atomic mass is 10.1. The fourth-order valence-corrected chi connectivity index (χ4v) is 2.12. The molecule has 3 nitrogen and oxygen atoms in total. The summed E-state index contributed by atoms with van der Waals surface area (Å²) in [7, 11) is -3.25. The van der Waals surface area contributed by atoms with E-state index in [1.807, 2.05) is 0 Å². The SMILES string of the molecule is C=CCCCC(=O)c1cccc(S(C)(=O)=O)c1. The number of allylic oxidation sites excluding steroid dienone is 1. The summed E-state index contributed by atoms with van der Waals surface area (Å²) in [6, 6.07) is 6.17. The number of sulfone groups is 1. The summed E-state index contributed by atoms with van der Waals surface area (Å²) in [4.78, 5) is 12.0. The second-order valence-corrected chi connectivity index (χ2v) is 5.92. The molecule has 0 saturated heterocycles. The number of benzene rings is 1. The highest BCUT2D eigenvalue weighted by molar-refractivity contribution is 7.90. The van der Waals surface area contributed by atoms with E-state index in [4.69, 9.17) is 0 Å². The van der Waals surface area contributed by atoms with Gasteiger partial charge in [-0.15, -0.1) is 6.58 Å². The molecule has 17 heavy (non-hydrogen) atoms. The van der Waals surface area contributed by atoms with Crippen molar-refractivity contribution < 1.29 is 13.2 Å². The highest BCUT2D eigenvalue weighted by atomic mass is 32.2. The monoisotopic (exact) mass is 252 g/mol. The first-order valence-electron chi connectivity index (χ1n) is 5.39. The minimum atomic E-state index is -3.25. The summed E-state index contributed by atoms with van der Waals surface area (Å²) < 4.78 is 22.7. The summed E-state index contributed by atoms with van der Waals surface area (Å²) in [6.45, 7) is 3.59. The quantitative estimate of drug-likeness (QED) is 0.444. The molecule has 0 N–H and O–H groups in total. The summed E-state index contributed by atoms with van der Waals surface area (Å²) in [5.41, 5.74) is 0.456. The number of hydrogen-bond donors (Lipinski definition) is 0. The molecule has 1 rings (SSSR count). The fraction of sp³-hybridized carbons (Fsp3) is 0.308. The molecule has 0 heterocycles. The van der Waals surface area contributed by atoms with Gasteiger partial charge in [0, 0.05) is 18.2 Å². The summed E-state index contributed by atoms with van der Waals surface area (Å²) in [5, 5.41) is 0. The molecule has 0 aliphatic heterocycles. The molecule has 0 aliphatic carbocycles. The maximum absolute atomic E-state index is 11.8. The molecular formula is C13H16O3S. The zero-order valence-electron chi connectivity index (χ0n) is 9.85. The van der Waals surface area contributed by atoms with Crippen LogP contribution in [-0.2, 0) is 9.84 Å². The van der Waals surface area contributed by atoms with Crippen molar-refractivity contribution in [1.29, 1.82) is 0 Å². The Hall–Kier alpha value is -1.42. The third kappa shape index (κ3) is 4.15. The molecule has 0 aliphatic rings. The van der Waals surface area contributed by atoms with Gasteiger partial charge in [-0.25, -0.2) is 8.42 Å². The van der Waals surface area contributed by atoms with E-state index in [-0.39, 0.29) is 10.7 Å². The summed E-state index contributed by atoms with van der Waals surface area (Å²) >= 11 is 0. The first-order valence-corrected chi connectivity index (χ1v) is 7.28. The molecule has 4 heteroatoms. The average Bonchev–Trinajstić information content (AvgIpc) is 2.28. The van der Waals surface area contributed by atoms with E-state index in [9.17, 15) is 13.2 Å². The normalized spacial score (nSPS) is 11.1. The Morgan fingerprint density at radius 2 is 2.12 bits per heavy atom. The first-order chi connectivity index (χ1) is 7.95. The minimum Gasteiger partial charge on any atom is -0.294 e. The van der Waals surface area contributed by atoms with Gasteiger partial charge in [0.2, 0.25) is 0 Å². The van der Waals surface area contributed by atoms with Crippen molar-refractivity contribution in [3.8, 4) is 0 Å². The number of carbonyl (C=O) groups excluding carboxylic acids is 1. The maximum Gasteiger partial charge on any atom is 0.175 e. The summed E-state index contributed by atoms with van der Waals surface area (Å²) in [5.74, 6) is -0.0302. The van der Waals surface area contributed by atoms with Gasteiger partial charge in [0.1, 0.15) is 0 Å². The minimum absolute atomic E-state index is 0.0302. The van der Waals surface area contributed by atoms with Crippen molar-refractivity contribution in [2.75, 3.05) is 6.26 Å². The van der Waals surface area contributed by atoms with Gasteiger partial charge in [0.15, 0.2) is 15.6 Å². The summed E-state index contributed by atoms with van der Waals surface area (Å²) in [6.07, 6.45) is 4.84. The maximum atomic E-state index is 11.8. The Morgan fingerprint density at radius 1 is 1.41 bits per heavy atom. The van der Waals surface area contributed by atoms with E-state index < -0.39 is 9.84 Å². The van der Waals surface area contributed by atoms with E-state index >= 15 is 0 Å². The molecule has 1 aromatic rings. The van der Waals surface area contributed by atoms with Gasteiger partial charge in [-0.1, -0.05) is 18.2 Å². The van der Waals surface area contributed by atoms with Gasteiger partial charge in [0.25, 0.3) is 0 Å². The van der Waals surface area contributed by atoms with Crippen molar-refractivity contribution in [3.63, 3.8) is 0 Å². The van der Waals surface area contributed by atoms with Crippen LogP contribution in [-0.4, -0.2) is 20.5 Å². The lowest BCUT2D eigenvalue weighted by molar-refractivity contribution is 0.0980. The molecule has 0 radical (unpaired) electrons. The number of unbranched alkanes of at least 4 members (excludes halogenated alkanes) is 1. The van der Waals surface area contributed by atoms with E-state index in [2.05, 4.69) is 6.58 Å². The van der Waals surface area contributed by atoms with Gasteiger partial charge >= 0.3 is 0 Å². The van der Waals surface area contributed by atoms with Crippen LogP contribution in [0.4, 0.5) is 0 Å². The molecule has 0 atom stereocenters. The van der Waals surface area contributed by atoms with Crippen LogP contribution in [0.25, 0.3) is 0 Å². The van der Waals surface area contributed by atoms with Gasteiger partial charge in [-0.3, -0.25) is 4.79 Å². The van der Waals surface area contributed by atoms with Crippen molar-refractivity contribution in [2.45, 2.75) is 24.2 Å². The molecule has 1 aromatic carbocycles. The molecule has 0 bridgehead atoms. The fourth-order valence-electron chi connectivity index (χ4n) is 1.45. The zero-order chi connectivity index (χ0) is 12.9. The molecule has 0 spiro atoms. The van der Waals surface area contributed by atoms with Crippen LogP contribution in [0.1, 0.15) is 29.6 Å². The van der Waals surface area contributed by atoms with E-state index in [1.54, 1.807) is 18.2 Å². The van der Waals surface area contributed by atoms with E-state index in [0.29, 0.717) is 12.0 Å². The lowest BCUT2D eigenvalue weighted by Gasteiger charge is -2.02. The Balaban J connectivity index is 2.85. The molecule has 0 saturated carbocycles. The molecule has 0 aromatic heterocycles. The number of carbonyl (C=O) groups is 1. The Bertz CT molecular complexity index is 515. The Kier molecular flexibility index (Phi) is 4.63. The molecule has 92 valence electrons. The predicted molar refractivity (Wildman–Crippen MR) is 67.9 cm³/mol. The highest BCUT2D eigenvalue weighted by Gasteiger charge is 2.11. The zero-order valence-corrected chi connectivity index (χ0v) is 10.7. The van der Waals surface area contributed by atoms with Crippen LogP contribution in [0.3, 0.4) is 0 Å². The van der Waals surface area contributed by atoms with Crippen LogP contribution >= 0.6 is 0 Å². The van der Waals surface area contributed by atoms with Crippen molar-refractivity contribution >= 4 is 15.6 Å². The third-order valence-electron chi connectivity index (χ3n) is 2.40. The van der Waals surface area contributed by atoms with Crippen LogP contribution in [0.2, 0.25) is 0 Å². The highest BCUT2D eigenvalue weighted by Crippen LogP contribution is 2.14. The van der Waals surface area contributed by atoms with Crippen molar-refractivity contribution in [2.24, 2.45) is 0 Å². The molecule has 0 amide bonds. The standard InChI is InChI=1S/C13H16O3S/c1-3-4-5-9-13(14)11-7-6-8-12(10-11)17(2,15)16/h3,6-8,10H,1,4-5,9H2,2H3. The average molecular weight is 252 g/mol. The van der Waals surface area contributed by atoms with Crippen LogP contribution in [0.15, 0.2) is 41.8 Å². The van der Waals surface area contributed by atoms with Crippen LogP contribution in [0.5, 0.6) is 0 Å². The van der Waals surface area contributed by atoms with E-state index in [1.165, 1.54) is 12.1 Å². The van der Waals surface area contributed by atoms with Gasteiger partial charge < -0.3 is 0 Å². The lowest BCUT2D eigenvalue weighted by Crippen LogP contribution is -2.02. The smallest absolute Gasteiger partial charge is 0.175 e. The molecule has 0 fully saturated rings. The number of hydrogen-bond acceptors (Lipinski definition) is 3. The number of ketones is 1. The predicted octanol–water partition coefficient (Wildman–Crippen LogP) is 2.63. The van der Waals surface area contributed by atoms with Crippen molar-refractivity contribution in [3.05, 3.63) is 42.5 Å². The second kappa shape index (κ2) is 5.77. The van der Waals surface area contributed by atoms with E-state index in [0.717, 1.165) is 19.1 Å². The molecule has 0 unspecified atom stereocenters. The van der Waals surface area contributed by atoms with Crippen molar-refractivity contribution in [1.82, 2.24) is 0 Å². The van der Waals surface area contributed by atoms with Gasteiger partial charge in [-0.2, -0.15) is 0 Å². The topological polar surface area (TPSA) is 51.2 Å². The third-order valence-corrected chi connectivity index (χ3v) is 3.51. The molecular weight excluding hydrogens is 236 g/mol. The Morgan fingerprint density at radius 3 is 2.71 bits per heavy atom. The number of rotatable bonds is 6. The first kappa shape index (κ1) is 13.6.